The van der Waals surface area contributed by atoms with Crippen molar-refractivity contribution >= 4 is 6.03 Å². The smallest absolute Gasteiger partial charge is 0.323 e. The van der Waals surface area contributed by atoms with Crippen LogP contribution >= 0.6 is 0 Å². The maximum atomic E-state index is 13.2. The number of amides is 2. The van der Waals surface area contributed by atoms with Crippen molar-refractivity contribution in [2.24, 2.45) is 23.8 Å². The van der Waals surface area contributed by atoms with Gasteiger partial charge in [-0.3, -0.25) is 9.78 Å². The van der Waals surface area contributed by atoms with Crippen LogP contribution in [-0.4, -0.2) is 67.0 Å². The fourth-order valence-electron chi connectivity index (χ4n) is 7.22. The molecule has 5 fully saturated rings. The fourth-order valence-corrected chi connectivity index (χ4v) is 7.22. The zero-order valence-electron chi connectivity index (χ0n) is 19.8. The van der Waals surface area contributed by atoms with Gasteiger partial charge in [0.2, 0.25) is 0 Å². The Kier molecular flexibility index (Phi) is 4.34. The first-order valence-electron chi connectivity index (χ1n) is 12.7. The fraction of sp³-hybridized carbons (Fsp3) is 0.750. The van der Waals surface area contributed by atoms with Crippen molar-refractivity contribution in [3.63, 3.8) is 0 Å². The number of nitrogens with one attached hydrogen (secondary N) is 1. The summed E-state index contributed by atoms with van der Waals surface area (Å²) < 4.78 is 41.0. The van der Waals surface area contributed by atoms with Gasteiger partial charge >= 0.3 is 12.2 Å². The van der Waals surface area contributed by atoms with Crippen molar-refractivity contribution in [2.75, 3.05) is 26.2 Å². The molecular formula is C24H30F3N7O. The van der Waals surface area contributed by atoms with E-state index in [1.807, 2.05) is 9.80 Å². The molecule has 1 N–H and O–H groups in total. The summed E-state index contributed by atoms with van der Waals surface area (Å²) in [4.78, 5) is 21.5. The quantitative estimate of drug-likeness (QED) is 0.710. The van der Waals surface area contributed by atoms with Crippen LogP contribution in [0.15, 0.2) is 6.20 Å². The van der Waals surface area contributed by atoms with E-state index in [0.29, 0.717) is 18.3 Å². The van der Waals surface area contributed by atoms with Gasteiger partial charge in [-0.2, -0.15) is 23.4 Å². The number of hydrogen-bond donors (Lipinski definition) is 1. The third-order valence-corrected chi connectivity index (χ3v) is 9.15. The van der Waals surface area contributed by atoms with E-state index in [1.165, 1.54) is 17.5 Å². The van der Waals surface area contributed by atoms with E-state index in [9.17, 15) is 18.0 Å². The Balaban J connectivity index is 0.865. The average molecular weight is 490 g/mol. The van der Waals surface area contributed by atoms with Gasteiger partial charge in [0.15, 0.2) is 5.82 Å². The van der Waals surface area contributed by atoms with Crippen LogP contribution in [0.1, 0.15) is 73.3 Å². The third-order valence-electron chi connectivity index (χ3n) is 9.15. The number of H-pyrrole nitrogens is 1. The van der Waals surface area contributed by atoms with Crippen LogP contribution in [0.4, 0.5) is 18.0 Å². The highest BCUT2D eigenvalue weighted by molar-refractivity contribution is 5.77. The number of carbonyl (C=O) groups is 1. The molecule has 2 aromatic rings. The summed E-state index contributed by atoms with van der Waals surface area (Å²) in [5.41, 5.74) is -0.0120. The van der Waals surface area contributed by atoms with Crippen LogP contribution < -0.4 is 0 Å². The molecule has 2 saturated heterocycles. The van der Waals surface area contributed by atoms with Crippen molar-refractivity contribution in [1.82, 2.24) is 34.8 Å². The molecule has 3 aliphatic carbocycles. The molecule has 0 aromatic carbocycles. The van der Waals surface area contributed by atoms with Crippen molar-refractivity contribution in [3.05, 3.63) is 29.1 Å². The zero-order chi connectivity index (χ0) is 24.2. The molecule has 11 heteroatoms. The molecule has 35 heavy (non-hydrogen) atoms. The Bertz CT molecular complexity index is 1150. The molecule has 0 radical (unpaired) electrons. The summed E-state index contributed by atoms with van der Waals surface area (Å²) in [5.74, 6) is 3.20. The highest BCUT2D eigenvalue weighted by atomic mass is 19.4. The maximum absolute atomic E-state index is 13.2. The third kappa shape index (κ3) is 3.48. The number of carbonyl (C=O) groups excluding carboxylic acids is 1. The number of halogens is 3. The minimum atomic E-state index is -4.37. The Labute approximate surface area is 201 Å². The van der Waals surface area contributed by atoms with Gasteiger partial charge in [-0.05, 0) is 50.9 Å². The van der Waals surface area contributed by atoms with Crippen molar-refractivity contribution < 1.29 is 18.0 Å². The largest absolute Gasteiger partial charge is 0.419 e. The molecule has 2 spiro atoms. The molecule has 0 unspecified atom stereocenters. The summed E-state index contributed by atoms with van der Waals surface area (Å²) in [6.07, 6.45) is 3.24. The zero-order valence-corrected chi connectivity index (χ0v) is 19.8. The second kappa shape index (κ2) is 7.00. The summed E-state index contributed by atoms with van der Waals surface area (Å²) in [7, 11) is 1.57. The standard InChI is InChI=1S/C24H30F3N7O/c1-32-18(17(9-28-32)24(25,26)27)4-14-5-22(6-14)10-33(11-22)21(35)34-12-23(13-34)7-16(8-23)20-29-19(30-31-20)15-2-3-15/h9,14-16H,2-8,10-13H2,1H3,(H,29,30,31). The highest BCUT2D eigenvalue weighted by Gasteiger charge is 2.59. The second-order valence-electron chi connectivity index (χ2n) is 12.1. The molecule has 5 aliphatic rings. The molecule has 0 bridgehead atoms. The summed E-state index contributed by atoms with van der Waals surface area (Å²) in [5, 5.41) is 11.3. The number of aromatic nitrogens is 5. The van der Waals surface area contributed by atoms with Crippen LogP contribution in [-0.2, 0) is 19.6 Å². The lowest BCUT2D eigenvalue weighted by molar-refractivity contribution is -0.138. The van der Waals surface area contributed by atoms with Crippen LogP contribution in [0.5, 0.6) is 0 Å². The molecule has 8 nitrogen and oxygen atoms in total. The minimum absolute atomic E-state index is 0.103. The number of alkyl halides is 3. The van der Waals surface area contributed by atoms with Gasteiger partial charge in [0.25, 0.3) is 0 Å². The average Bonchev–Trinajstić information content (AvgIpc) is 3.29. The van der Waals surface area contributed by atoms with E-state index in [1.54, 1.807) is 7.05 Å². The first-order chi connectivity index (χ1) is 16.6. The number of nitrogens with zero attached hydrogens (tertiary/aromatic N) is 6. The highest BCUT2D eigenvalue weighted by Crippen LogP contribution is 2.57. The summed E-state index contributed by atoms with van der Waals surface area (Å²) in [6, 6.07) is 0.119. The number of hydrogen-bond acceptors (Lipinski definition) is 4. The van der Waals surface area contributed by atoms with E-state index in [0.717, 1.165) is 69.7 Å². The molecule has 2 aliphatic heterocycles. The number of rotatable bonds is 4. The predicted molar refractivity (Wildman–Crippen MR) is 118 cm³/mol. The van der Waals surface area contributed by atoms with Gasteiger partial charge in [0.05, 0.1) is 17.5 Å². The van der Waals surface area contributed by atoms with Crippen LogP contribution in [0.25, 0.3) is 0 Å². The molecular weight excluding hydrogens is 459 g/mol. The van der Waals surface area contributed by atoms with E-state index in [2.05, 4.69) is 20.3 Å². The van der Waals surface area contributed by atoms with Crippen molar-refractivity contribution in [3.8, 4) is 0 Å². The topological polar surface area (TPSA) is 82.9 Å². The Morgan fingerprint density at radius 1 is 1.06 bits per heavy atom. The van der Waals surface area contributed by atoms with E-state index in [-0.39, 0.29) is 28.5 Å². The Hall–Kier alpha value is -2.59. The normalized spacial score (nSPS) is 25.4. The van der Waals surface area contributed by atoms with Crippen LogP contribution in [0.3, 0.4) is 0 Å². The molecule has 4 heterocycles. The lowest BCUT2D eigenvalue weighted by Gasteiger charge is -2.63. The lowest BCUT2D eigenvalue weighted by Crippen LogP contribution is -2.71. The van der Waals surface area contributed by atoms with Gasteiger partial charge in [0.1, 0.15) is 5.82 Å². The van der Waals surface area contributed by atoms with Crippen LogP contribution in [0.2, 0.25) is 0 Å². The number of urea groups is 1. The monoisotopic (exact) mass is 489 g/mol. The van der Waals surface area contributed by atoms with E-state index >= 15 is 0 Å². The van der Waals surface area contributed by atoms with Gasteiger partial charge in [-0.1, -0.05) is 0 Å². The number of aryl methyl sites for hydroxylation is 1. The van der Waals surface area contributed by atoms with Crippen LogP contribution in [0, 0.1) is 16.7 Å². The van der Waals surface area contributed by atoms with E-state index < -0.39 is 11.7 Å². The van der Waals surface area contributed by atoms with Gasteiger partial charge in [0, 0.05) is 55.9 Å². The molecule has 0 atom stereocenters. The molecule has 2 aromatic heterocycles. The second-order valence-corrected chi connectivity index (χ2v) is 12.1. The SMILES string of the molecule is Cn1ncc(C(F)(F)F)c1CC1CC2(C1)CN(C(=O)N1CC3(CC(c4n[nH]c(C5CC5)n4)C3)C1)C2. The number of aromatic amines is 1. The van der Waals surface area contributed by atoms with E-state index in [4.69, 9.17) is 0 Å². The molecule has 2 amide bonds. The number of likely N-dealkylation sites (tertiary alicyclic amines) is 2. The summed E-state index contributed by atoms with van der Waals surface area (Å²) in [6.45, 7) is 3.09. The Morgan fingerprint density at radius 3 is 2.29 bits per heavy atom. The lowest BCUT2D eigenvalue weighted by atomic mass is 9.56. The first-order valence-corrected chi connectivity index (χ1v) is 12.7. The predicted octanol–water partition coefficient (Wildman–Crippen LogP) is 3.69. The Morgan fingerprint density at radius 2 is 1.69 bits per heavy atom. The minimum Gasteiger partial charge on any atom is -0.323 e. The van der Waals surface area contributed by atoms with Gasteiger partial charge in [-0.15, -0.1) is 0 Å². The first kappa shape index (κ1) is 21.7. The van der Waals surface area contributed by atoms with Crippen molar-refractivity contribution in [1.29, 1.82) is 0 Å². The maximum Gasteiger partial charge on any atom is 0.419 e. The van der Waals surface area contributed by atoms with Gasteiger partial charge in [-0.25, -0.2) is 9.78 Å². The summed E-state index contributed by atoms with van der Waals surface area (Å²) >= 11 is 0. The molecule has 3 saturated carbocycles. The molecule has 188 valence electrons. The molecule has 7 rings (SSSR count). The van der Waals surface area contributed by atoms with Gasteiger partial charge < -0.3 is 9.80 Å². The van der Waals surface area contributed by atoms with Crippen molar-refractivity contribution in [2.45, 2.75) is 63.0 Å².